The summed E-state index contributed by atoms with van der Waals surface area (Å²) >= 11 is 0. The van der Waals surface area contributed by atoms with Crippen LogP contribution in [0.15, 0.2) is 6.07 Å². The highest BCUT2D eigenvalue weighted by Gasteiger charge is 2.32. The molecular weight excluding hydrogens is 381 g/mol. The van der Waals surface area contributed by atoms with E-state index in [0.717, 1.165) is 44.2 Å². The highest BCUT2D eigenvalue weighted by Crippen LogP contribution is 2.38. The number of nitrogens with one attached hydrogen (secondary N) is 2. The van der Waals surface area contributed by atoms with Crippen molar-refractivity contribution in [2.45, 2.75) is 56.6 Å². The SMILES string of the molecule is O=C(Nc1c2c(cc3c1CCC3)CCC2)NS(=O)(=O)C1CCCN(CCF)C1. The first-order valence-corrected chi connectivity index (χ1v) is 11.8. The molecule has 1 unspecified atom stereocenters. The molecule has 0 spiro atoms. The van der Waals surface area contributed by atoms with Crippen LogP contribution in [0.4, 0.5) is 14.9 Å². The minimum absolute atomic E-state index is 0.237. The van der Waals surface area contributed by atoms with Gasteiger partial charge >= 0.3 is 6.03 Å². The molecule has 0 bridgehead atoms. The standard InChI is InChI=1S/C20H28FN3O3S/c21-9-11-24-10-3-6-16(13-24)28(26,27)23-20(25)22-19-17-7-1-4-14(17)12-15-5-2-8-18(15)19/h12,16H,1-11,13H2,(H2,22,23,25). The van der Waals surface area contributed by atoms with E-state index in [1.165, 1.54) is 22.3 Å². The van der Waals surface area contributed by atoms with E-state index in [4.69, 9.17) is 0 Å². The molecule has 3 aliphatic rings. The third-order valence-corrected chi connectivity index (χ3v) is 7.98. The van der Waals surface area contributed by atoms with Gasteiger partial charge in [-0.25, -0.2) is 22.3 Å². The molecule has 8 heteroatoms. The highest BCUT2D eigenvalue weighted by atomic mass is 32.2. The van der Waals surface area contributed by atoms with Crippen molar-refractivity contribution >= 4 is 21.7 Å². The number of carbonyl (C=O) groups is 1. The van der Waals surface area contributed by atoms with Gasteiger partial charge in [-0.1, -0.05) is 6.07 Å². The number of carbonyl (C=O) groups excluding carboxylic acids is 1. The Kier molecular flexibility index (Phi) is 5.60. The normalized spacial score (nSPS) is 22.0. The number of hydrogen-bond donors (Lipinski definition) is 2. The number of aryl methyl sites for hydroxylation is 2. The first-order chi connectivity index (χ1) is 13.5. The van der Waals surface area contributed by atoms with Gasteiger partial charge in [0.05, 0.1) is 5.25 Å². The van der Waals surface area contributed by atoms with E-state index >= 15 is 0 Å². The molecule has 154 valence electrons. The lowest BCUT2D eigenvalue weighted by molar-refractivity contribution is 0.211. The number of amides is 2. The molecule has 1 atom stereocenters. The molecule has 28 heavy (non-hydrogen) atoms. The van der Waals surface area contributed by atoms with Gasteiger partial charge in [0, 0.05) is 18.8 Å². The van der Waals surface area contributed by atoms with Gasteiger partial charge in [-0.15, -0.1) is 0 Å². The molecule has 2 amide bonds. The Morgan fingerprint density at radius 2 is 1.79 bits per heavy atom. The number of fused-ring (bicyclic) bond motifs is 2. The second-order valence-electron chi connectivity index (χ2n) is 8.09. The number of anilines is 1. The van der Waals surface area contributed by atoms with E-state index in [1.54, 1.807) is 0 Å². The van der Waals surface area contributed by atoms with Crippen molar-refractivity contribution in [3.05, 3.63) is 28.3 Å². The number of nitrogens with zero attached hydrogens (tertiary/aromatic N) is 1. The second-order valence-corrected chi connectivity index (χ2v) is 10.0. The van der Waals surface area contributed by atoms with Crippen molar-refractivity contribution in [3.63, 3.8) is 0 Å². The summed E-state index contributed by atoms with van der Waals surface area (Å²) < 4.78 is 40.2. The number of rotatable bonds is 5. The molecule has 1 heterocycles. The molecule has 4 rings (SSSR count). The molecule has 0 aromatic heterocycles. The zero-order valence-electron chi connectivity index (χ0n) is 16.1. The number of benzene rings is 1. The van der Waals surface area contributed by atoms with Gasteiger partial charge in [0.2, 0.25) is 10.0 Å². The Morgan fingerprint density at radius 1 is 1.11 bits per heavy atom. The maximum absolute atomic E-state index is 12.7. The van der Waals surface area contributed by atoms with Crippen LogP contribution in [-0.2, 0) is 35.7 Å². The van der Waals surface area contributed by atoms with Crippen molar-refractivity contribution in [2.24, 2.45) is 0 Å². The summed E-state index contributed by atoms with van der Waals surface area (Å²) in [5.41, 5.74) is 5.73. The van der Waals surface area contributed by atoms with Crippen LogP contribution in [0.2, 0.25) is 0 Å². The maximum atomic E-state index is 12.7. The van der Waals surface area contributed by atoms with Gasteiger partial charge in [-0.05, 0) is 80.2 Å². The van der Waals surface area contributed by atoms with E-state index in [-0.39, 0.29) is 13.1 Å². The van der Waals surface area contributed by atoms with Crippen LogP contribution in [0.5, 0.6) is 0 Å². The highest BCUT2D eigenvalue weighted by molar-refractivity contribution is 7.90. The van der Waals surface area contributed by atoms with Crippen molar-refractivity contribution in [3.8, 4) is 0 Å². The Labute approximate surface area is 165 Å². The van der Waals surface area contributed by atoms with Gasteiger partial charge in [0.1, 0.15) is 6.67 Å². The largest absolute Gasteiger partial charge is 0.332 e. The molecule has 1 aromatic carbocycles. The molecular formula is C20H28FN3O3S. The van der Waals surface area contributed by atoms with Crippen LogP contribution >= 0.6 is 0 Å². The van der Waals surface area contributed by atoms with Gasteiger partial charge in [0.25, 0.3) is 0 Å². The van der Waals surface area contributed by atoms with E-state index in [2.05, 4.69) is 16.1 Å². The number of sulfonamides is 1. The fraction of sp³-hybridized carbons (Fsp3) is 0.650. The average Bonchev–Trinajstić information content (AvgIpc) is 3.30. The minimum Gasteiger partial charge on any atom is -0.307 e. The third-order valence-electron chi connectivity index (χ3n) is 6.25. The predicted octanol–water partition coefficient (Wildman–Crippen LogP) is 2.55. The number of piperidine rings is 1. The molecule has 2 aliphatic carbocycles. The van der Waals surface area contributed by atoms with Gasteiger partial charge < -0.3 is 5.32 Å². The summed E-state index contributed by atoms with van der Waals surface area (Å²) in [5.74, 6) is 0. The topological polar surface area (TPSA) is 78.5 Å². The predicted molar refractivity (Wildman–Crippen MR) is 107 cm³/mol. The zero-order chi connectivity index (χ0) is 19.7. The minimum atomic E-state index is -3.81. The summed E-state index contributed by atoms with van der Waals surface area (Å²) in [6, 6.07) is 1.59. The smallest absolute Gasteiger partial charge is 0.307 e. The number of hydrogen-bond acceptors (Lipinski definition) is 4. The van der Waals surface area contributed by atoms with Crippen molar-refractivity contribution in [1.29, 1.82) is 0 Å². The van der Waals surface area contributed by atoms with Gasteiger partial charge in [-0.3, -0.25) is 4.90 Å². The lowest BCUT2D eigenvalue weighted by atomic mass is 9.99. The Morgan fingerprint density at radius 3 is 2.43 bits per heavy atom. The summed E-state index contributed by atoms with van der Waals surface area (Å²) in [6.07, 6.45) is 7.19. The Hall–Kier alpha value is -1.67. The molecule has 0 radical (unpaired) electrons. The molecule has 1 saturated heterocycles. The van der Waals surface area contributed by atoms with Crippen molar-refractivity contribution in [1.82, 2.24) is 9.62 Å². The quantitative estimate of drug-likeness (QED) is 0.783. The monoisotopic (exact) mass is 409 g/mol. The number of halogens is 1. The van der Waals surface area contributed by atoms with Crippen molar-refractivity contribution in [2.75, 3.05) is 31.6 Å². The van der Waals surface area contributed by atoms with E-state index < -0.39 is 28.0 Å². The molecule has 1 aliphatic heterocycles. The van der Waals surface area contributed by atoms with Crippen molar-refractivity contribution < 1.29 is 17.6 Å². The molecule has 6 nitrogen and oxygen atoms in total. The fourth-order valence-electron chi connectivity index (χ4n) is 4.91. The molecule has 2 N–H and O–H groups in total. The van der Waals surface area contributed by atoms with E-state index in [1.807, 2.05) is 4.90 Å². The van der Waals surface area contributed by atoms with Crippen LogP contribution in [0, 0.1) is 0 Å². The Bertz CT molecular complexity index is 838. The van der Waals surface area contributed by atoms with Gasteiger partial charge in [-0.2, -0.15) is 0 Å². The fourth-order valence-corrected chi connectivity index (χ4v) is 6.27. The first kappa shape index (κ1) is 19.6. The number of likely N-dealkylation sites (tertiary alicyclic amines) is 1. The van der Waals surface area contributed by atoms with Crippen LogP contribution in [-0.4, -0.2) is 50.9 Å². The lowest BCUT2D eigenvalue weighted by Crippen LogP contribution is -2.49. The second kappa shape index (κ2) is 7.99. The summed E-state index contributed by atoms with van der Waals surface area (Å²) in [4.78, 5) is 14.4. The lowest BCUT2D eigenvalue weighted by Gasteiger charge is -2.31. The number of urea groups is 1. The van der Waals surface area contributed by atoms with Crippen LogP contribution < -0.4 is 10.0 Å². The van der Waals surface area contributed by atoms with E-state index in [0.29, 0.717) is 19.4 Å². The van der Waals surface area contributed by atoms with E-state index in [9.17, 15) is 17.6 Å². The summed E-state index contributed by atoms with van der Waals surface area (Å²) in [7, 11) is -3.81. The molecule has 1 fully saturated rings. The maximum Gasteiger partial charge on any atom is 0.332 e. The van der Waals surface area contributed by atoms with Gasteiger partial charge in [0.15, 0.2) is 0 Å². The van der Waals surface area contributed by atoms with Crippen LogP contribution in [0.3, 0.4) is 0 Å². The number of alkyl halides is 1. The molecule has 1 aromatic rings. The Balaban J connectivity index is 1.48. The zero-order valence-corrected chi connectivity index (χ0v) is 16.9. The summed E-state index contributed by atoms with van der Waals surface area (Å²) in [5, 5.41) is 2.18. The third kappa shape index (κ3) is 3.89. The average molecular weight is 410 g/mol. The van der Waals surface area contributed by atoms with Crippen LogP contribution in [0.25, 0.3) is 0 Å². The summed E-state index contributed by atoms with van der Waals surface area (Å²) in [6.45, 7) is 0.707. The molecule has 0 saturated carbocycles. The van der Waals surface area contributed by atoms with Crippen LogP contribution in [0.1, 0.15) is 47.9 Å². The first-order valence-electron chi connectivity index (χ1n) is 10.3.